The monoisotopic (exact) mass is 352 g/mol. The van der Waals surface area contributed by atoms with Gasteiger partial charge in [-0.05, 0) is 76.2 Å². The van der Waals surface area contributed by atoms with E-state index in [1.165, 1.54) is 70.9 Å². The number of ether oxygens (including phenoxy) is 2. The molecule has 4 bridgehead atoms. The van der Waals surface area contributed by atoms with Crippen LogP contribution in [0.3, 0.4) is 0 Å². The van der Waals surface area contributed by atoms with Crippen LogP contribution in [0.15, 0.2) is 0 Å². The van der Waals surface area contributed by atoms with Crippen LogP contribution in [0.2, 0.25) is 0 Å². The van der Waals surface area contributed by atoms with Crippen molar-refractivity contribution < 1.29 is 9.47 Å². The van der Waals surface area contributed by atoms with E-state index in [1.807, 2.05) is 7.11 Å². The number of methoxy groups -OCH3 is 1. The molecule has 2 saturated heterocycles. The van der Waals surface area contributed by atoms with Crippen LogP contribution in [0, 0.1) is 17.8 Å². The first-order valence-corrected chi connectivity index (χ1v) is 10.6. The Bertz CT molecular complexity index is 395. The van der Waals surface area contributed by atoms with E-state index in [-0.39, 0.29) is 5.60 Å². The van der Waals surface area contributed by atoms with Crippen LogP contribution in [-0.4, -0.2) is 57.1 Å². The van der Waals surface area contributed by atoms with Gasteiger partial charge in [0.2, 0.25) is 0 Å². The van der Waals surface area contributed by atoms with Crippen LogP contribution in [0.5, 0.6) is 0 Å². The van der Waals surface area contributed by atoms with Gasteiger partial charge in [0.15, 0.2) is 0 Å². The van der Waals surface area contributed by atoms with E-state index in [4.69, 9.17) is 9.47 Å². The third-order valence-corrected chi connectivity index (χ3v) is 7.34. The highest BCUT2D eigenvalue weighted by molar-refractivity contribution is 4.89. The van der Waals surface area contributed by atoms with Crippen molar-refractivity contribution in [2.75, 3.05) is 40.6 Å². The van der Waals surface area contributed by atoms with Crippen LogP contribution in [0.1, 0.15) is 64.7 Å². The van der Waals surface area contributed by atoms with Gasteiger partial charge in [-0.1, -0.05) is 13.3 Å². The fourth-order valence-corrected chi connectivity index (χ4v) is 5.42. The summed E-state index contributed by atoms with van der Waals surface area (Å²) in [6.07, 6.45) is 11.6. The first-order valence-electron chi connectivity index (χ1n) is 10.6. The number of nitrogens with one attached hydrogen (secondary N) is 1. The molecule has 4 rings (SSSR count). The maximum Gasteiger partial charge on any atom is 0.0967 e. The zero-order chi connectivity index (χ0) is 17.7. The van der Waals surface area contributed by atoms with Gasteiger partial charge in [0.25, 0.3) is 0 Å². The summed E-state index contributed by atoms with van der Waals surface area (Å²) in [4.78, 5) is 2.56. The SMILES string of the molecule is COC12CCC(CC1)C(C)COCNC1CCCC(C1)CN(C)CC2. The molecule has 0 amide bonds. The highest BCUT2D eigenvalue weighted by atomic mass is 16.5. The Morgan fingerprint density at radius 3 is 2.68 bits per heavy atom. The molecular weight excluding hydrogens is 312 g/mol. The smallest absolute Gasteiger partial charge is 0.0967 e. The molecule has 0 aromatic heterocycles. The summed E-state index contributed by atoms with van der Waals surface area (Å²) in [5.74, 6) is 2.29. The lowest BCUT2D eigenvalue weighted by atomic mass is 9.73. The first kappa shape index (κ1) is 19.6. The van der Waals surface area contributed by atoms with E-state index in [9.17, 15) is 0 Å². The second-order valence-corrected chi connectivity index (χ2v) is 9.16. The standard InChI is InChI=1S/C21H40N2O2/c1-17-15-25-16-22-20-6-4-5-18(13-20)14-23(2)12-11-21(24-3)9-7-19(17)8-10-21/h17-20,22H,4-16H2,1-3H3. The first-order chi connectivity index (χ1) is 12.1. The quantitative estimate of drug-likeness (QED) is 0.781. The lowest BCUT2D eigenvalue weighted by Gasteiger charge is -2.42. The summed E-state index contributed by atoms with van der Waals surface area (Å²) in [5.41, 5.74) is 0.124. The van der Waals surface area contributed by atoms with E-state index in [0.717, 1.165) is 25.2 Å². The second kappa shape index (κ2) is 9.16. The normalized spacial score (nSPS) is 42.4. The number of hydrogen-bond acceptors (Lipinski definition) is 4. The number of fused-ring (bicyclic) bond motifs is 9. The number of rotatable bonds is 1. The lowest BCUT2D eigenvalue weighted by molar-refractivity contribution is -0.0686. The van der Waals surface area contributed by atoms with E-state index >= 15 is 0 Å². The predicted molar refractivity (Wildman–Crippen MR) is 103 cm³/mol. The summed E-state index contributed by atoms with van der Waals surface area (Å²) in [6.45, 7) is 6.41. The molecule has 2 aliphatic heterocycles. The molecule has 0 aromatic rings. The zero-order valence-corrected chi connectivity index (χ0v) is 16.8. The van der Waals surface area contributed by atoms with Gasteiger partial charge in [-0.25, -0.2) is 0 Å². The van der Waals surface area contributed by atoms with Crippen molar-refractivity contribution in [3.05, 3.63) is 0 Å². The highest BCUT2D eigenvalue weighted by Crippen LogP contribution is 2.40. The molecular formula is C21H40N2O2. The van der Waals surface area contributed by atoms with Crippen LogP contribution in [0.25, 0.3) is 0 Å². The fourth-order valence-electron chi connectivity index (χ4n) is 5.42. The zero-order valence-electron chi connectivity index (χ0n) is 16.8. The maximum absolute atomic E-state index is 6.07. The molecule has 4 fully saturated rings. The van der Waals surface area contributed by atoms with Crippen molar-refractivity contribution in [1.29, 1.82) is 0 Å². The van der Waals surface area contributed by atoms with Crippen molar-refractivity contribution in [2.45, 2.75) is 76.4 Å². The van der Waals surface area contributed by atoms with Crippen molar-refractivity contribution >= 4 is 0 Å². The van der Waals surface area contributed by atoms with Gasteiger partial charge in [0.05, 0.1) is 18.9 Å². The van der Waals surface area contributed by atoms with Crippen molar-refractivity contribution in [3.8, 4) is 0 Å². The third kappa shape index (κ3) is 5.41. The molecule has 3 unspecified atom stereocenters. The van der Waals surface area contributed by atoms with E-state index in [0.29, 0.717) is 12.0 Å². The van der Waals surface area contributed by atoms with Gasteiger partial charge in [0, 0.05) is 26.2 Å². The fraction of sp³-hybridized carbons (Fsp3) is 1.00. The second-order valence-electron chi connectivity index (χ2n) is 9.16. The summed E-state index contributed by atoms with van der Waals surface area (Å²) in [5, 5.41) is 3.67. The molecule has 4 heteroatoms. The van der Waals surface area contributed by atoms with Crippen LogP contribution in [-0.2, 0) is 9.47 Å². The highest BCUT2D eigenvalue weighted by Gasteiger charge is 2.37. The van der Waals surface area contributed by atoms with E-state index < -0.39 is 0 Å². The molecule has 2 aliphatic carbocycles. The van der Waals surface area contributed by atoms with Gasteiger partial charge in [0.1, 0.15) is 0 Å². The largest absolute Gasteiger partial charge is 0.378 e. The summed E-state index contributed by atoms with van der Waals surface area (Å²) < 4.78 is 12.1. The van der Waals surface area contributed by atoms with Gasteiger partial charge in [-0.2, -0.15) is 0 Å². The molecule has 4 aliphatic rings. The molecule has 4 nitrogen and oxygen atoms in total. The Morgan fingerprint density at radius 1 is 1.12 bits per heavy atom. The average Bonchev–Trinajstić information content (AvgIpc) is 2.63. The molecule has 146 valence electrons. The minimum atomic E-state index is 0.124. The summed E-state index contributed by atoms with van der Waals surface area (Å²) in [6, 6.07) is 0.650. The number of hydrogen-bond donors (Lipinski definition) is 1. The Morgan fingerprint density at radius 2 is 1.92 bits per heavy atom. The van der Waals surface area contributed by atoms with Crippen LogP contribution < -0.4 is 5.32 Å². The molecule has 0 spiro atoms. The Hall–Kier alpha value is -0.160. The third-order valence-electron chi connectivity index (χ3n) is 7.34. The Labute approximate surface area is 155 Å². The molecule has 1 N–H and O–H groups in total. The Kier molecular flexibility index (Phi) is 7.18. The van der Waals surface area contributed by atoms with Crippen LogP contribution in [0.4, 0.5) is 0 Å². The molecule has 0 aromatic carbocycles. The average molecular weight is 353 g/mol. The van der Waals surface area contributed by atoms with Gasteiger partial charge < -0.3 is 14.4 Å². The molecule has 0 radical (unpaired) electrons. The molecule has 25 heavy (non-hydrogen) atoms. The molecule has 2 heterocycles. The van der Waals surface area contributed by atoms with Gasteiger partial charge in [-0.15, -0.1) is 0 Å². The summed E-state index contributed by atoms with van der Waals surface area (Å²) in [7, 11) is 4.24. The summed E-state index contributed by atoms with van der Waals surface area (Å²) >= 11 is 0. The van der Waals surface area contributed by atoms with Crippen molar-refractivity contribution in [2.24, 2.45) is 17.8 Å². The predicted octanol–water partition coefficient (Wildman–Crippen LogP) is 3.66. The minimum Gasteiger partial charge on any atom is -0.378 e. The van der Waals surface area contributed by atoms with Crippen molar-refractivity contribution in [1.82, 2.24) is 10.2 Å². The molecule has 2 saturated carbocycles. The maximum atomic E-state index is 6.07. The lowest BCUT2D eigenvalue weighted by Crippen LogP contribution is -2.43. The molecule has 3 atom stereocenters. The van der Waals surface area contributed by atoms with E-state index in [2.05, 4.69) is 24.2 Å². The van der Waals surface area contributed by atoms with Crippen molar-refractivity contribution in [3.63, 3.8) is 0 Å². The van der Waals surface area contributed by atoms with Gasteiger partial charge in [-0.3, -0.25) is 5.32 Å². The Balaban J connectivity index is 1.63. The number of nitrogens with zero attached hydrogens (tertiary/aromatic N) is 1. The topological polar surface area (TPSA) is 33.7 Å². The van der Waals surface area contributed by atoms with Gasteiger partial charge >= 0.3 is 0 Å². The minimum absolute atomic E-state index is 0.124. The van der Waals surface area contributed by atoms with E-state index in [1.54, 1.807) is 0 Å². The van der Waals surface area contributed by atoms with Crippen LogP contribution >= 0.6 is 0 Å².